The van der Waals surface area contributed by atoms with Crippen LogP contribution < -0.4 is 10.9 Å². The first-order valence-corrected chi connectivity index (χ1v) is 6.03. The van der Waals surface area contributed by atoms with Crippen LogP contribution in [-0.2, 0) is 0 Å². The van der Waals surface area contributed by atoms with Crippen molar-refractivity contribution in [2.45, 2.75) is 13.3 Å². The summed E-state index contributed by atoms with van der Waals surface area (Å²) in [7, 11) is 0. The fourth-order valence-electron chi connectivity index (χ4n) is 1.73. The summed E-state index contributed by atoms with van der Waals surface area (Å²) >= 11 is 0. The van der Waals surface area contributed by atoms with Crippen LogP contribution in [0.1, 0.15) is 23.9 Å². The Morgan fingerprint density at radius 2 is 2.15 bits per heavy atom. The highest BCUT2D eigenvalue weighted by atomic mass is 16.6. The summed E-state index contributed by atoms with van der Waals surface area (Å²) in [5, 5.41) is 13.8. The highest BCUT2D eigenvalue weighted by Gasteiger charge is 2.14. The standard InChI is InChI=1S/C13H12N2O5/c1-2-5-14-12(16)11-7-8-6-9(15(18)19)3-4-10(8)13(17)20-11/h3-4,6-7H,2,5H2,1H3,(H,14,16). The summed E-state index contributed by atoms with van der Waals surface area (Å²) in [6.45, 7) is 2.34. The van der Waals surface area contributed by atoms with Crippen LogP contribution in [0.4, 0.5) is 5.69 Å². The van der Waals surface area contributed by atoms with Crippen LogP contribution in [0.3, 0.4) is 0 Å². The molecule has 0 aliphatic rings. The van der Waals surface area contributed by atoms with Crippen LogP contribution in [-0.4, -0.2) is 17.4 Å². The van der Waals surface area contributed by atoms with E-state index in [-0.39, 0.29) is 16.8 Å². The van der Waals surface area contributed by atoms with Crippen molar-refractivity contribution >= 4 is 22.4 Å². The van der Waals surface area contributed by atoms with Gasteiger partial charge in [-0.2, -0.15) is 0 Å². The molecule has 20 heavy (non-hydrogen) atoms. The van der Waals surface area contributed by atoms with E-state index in [0.717, 1.165) is 6.42 Å². The monoisotopic (exact) mass is 276 g/mol. The fourth-order valence-corrected chi connectivity index (χ4v) is 1.73. The maximum atomic E-state index is 11.7. The van der Waals surface area contributed by atoms with Gasteiger partial charge in [-0.3, -0.25) is 14.9 Å². The molecule has 0 aliphatic carbocycles. The van der Waals surface area contributed by atoms with E-state index >= 15 is 0 Å². The maximum absolute atomic E-state index is 11.7. The van der Waals surface area contributed by atoms with Gasteiger partial charge in [0.2, 0.25) is 0 Å². The molecular formula is C13H12N2O5. The van der Waals surface area contributed by atoms with Gasteiger partial charge in [-0.05, 0) is 23.9 Å². The number of rotatable bonds is 4. The number of nitrogens with zero attached hydrogens (tertiary/aromatic N) is 1. The largest absolute Gasteiger partial charge is 0.417 e. The van der Waals surface area contributed by atoms with Crippen molar-refractivity contribution in [3.63, 3.8) is 0 Å². The first-order chi connectivity index (χ1) is 9.52. The van der Waals surface area contributed by atoms with Gasteiger partial charge in [0.1, 0.15) is 0 Å². The van der Waals surface area contributed by atoms with Crippen molar-refractivity contribution < 1.29 is 14.1 Å². The summed E-state index contributed by atoms with van der Waals surface area (Å²) in [5.41, 5.74) is -0.845. The fraction of sp³-hybridized carbons (Fsp3) is 0.231. The lowest BCUT2D eigenvalue weighted by molar-refractivity contribution is -0.384. The van der Waals surface area contributed by atoms with Gasteiger partial charge < -0.3 is 9.73 Å². The van der Waals surface area contributed by atoms with E-state index in [9.17, 15) is 19.7 Å². The first kappa shape index (κ1) is 13.7. The topological polar surface area (TPSA) is 102 Å². The number of nitro benzene ring substituents is 1. The Morgan fingerprint density at radius 1 is 1.40 bits per heavy atom. The van der Waals surface area contributed by atoms with Gasteiger partial charge in [0.25, 0.3) is 11.6 Å². The van der Waals surface area contributed by atoms with Crippen molar-refractivity contribution in [1.29, 1.82) is 0 Å². The molecule has 7 nitrogen and oxygen atoms in total. The number of non-ortho nitro benzene ring substituents is 1. The minimum atomic E-state index is -0.695. The van der Waals surface area contributed by atoms with Crippen LogP contribution in [0.25, 0.3) is 10.8 Å². The third kappa shape index (κ3) is 2.66. The molecule has 104 valence electrons. The number of hydrogen-bond acceptors (Lipinski definition) is 5. The van der Waals surface area contributed by atoms with Gasteiger partial charge in [0, 0.05) is 18.7 Å². The molecule has 0 fully saturated rings. The number of amides is 1. The van der Waals surface area contributed by atoms with E-state index in [4.69, 9.17) is 4.42 Å². The van der Waals surface area contributed by atoms with Crippen molar-refractivity contribution in [1.82, 2.24) is 5.32 Å². The summed E-state index contributed by atoms with van der Waals surface area (Å²) in [6, 6.07) is 5.10. The Morgan fingerprint density at radius 3 is 2.80 bits per heavy atom. The van der Waals surface area contributed by atoms with E-state index in [1.807, 2.05) is 6.92 Å². The third-order valence-corrected chi connectivity index (χ3v) is 2.71. The van der Waals surface area contributed by atoms with Crippen molar-refractivity contribution in [3.05, 3.63) is 50.6 Å². The van der Waals surface area contributed by atoms with Gasteiger partial charge in [0.15, 0.2) is 5.76 Å². The normalized spacial score (nSPS) is 10.4. The van der Waals surface area contributed by atoms with E-state index < -0.39 is 16.5 Å². The summed E-state index contributed by atoms with van der Waals surface area (Å²) in [5.74, 6) is -0.672. The molecule has 0 atom stereocenters. The van der Waals surface area contributed by atoms with Crippen LogP contribution in [0.2, 0.25) is 0 Å². The predicted molar refractivity (Wildman–Crippen MR) is 71.8 cm³/mol. The molecule has 1 amide bonds. The Kier molecular flexibility index (Phi) is 3.79. The van der Waals surface area contributed by atoms with E-state index in [1.54, 1.807) is 0 Å². The molecule has 2 rings (SSSR count). The minimum Gasteiger partial charge on any atom is -0.417 e. The van der Waals surface area contributed by atoms with Crippen LogP contribution in [0.5, 0.6) is 0 Å². The van der Waals surface area contributed by atoms with Crippen LogP contribution in [0, 0.1) is 10.1 Å². The SMILES string of the molecule is CCCNC(=O)c1cc2cc([N+](=O)[O-])ccc2c(=O)o1. The van der Waals surface area contributed by atoms with Crippen LogP contribution in [0.15, 0.2) is 33.5 Å². The molecular weight excluding hydrogens is 264 g/mol. The second-order valence-electron chi connectivity index (χ2n) is 4.18. The number of benzene rings is 1. The molecule has 0 unspecified atom stereocenters. The third-order valence-electron chi connectivity index (χ3n) is 2.71. The minimum absolute atomic E-state index is 0.150. The Bertz CT molecular complexity index is 735. The molecule has 0 bridgehead atoms. The Labute approximate surface area is 113 Å². The van der Waals surface area contributed by atoms with Gasteiger partial charge in [-0.1, -0.05) is 6.92 Å². The zero-order valence-electron chi connectivity index (χ0n) is 10.7. The molecule has 0 radical (unpaired) electrons. The average Bonchev–Trinajstić information content (AvgIpc) is 2.43. The van der Waals surface area contributed by atoms with E-state index in [0.29, 0.717) is 11.9 Å². The number of fused-ring (bicyclic) bond motifs is 1. The molecule has 0 saturated heterocycles. The lowest BCUT2D eigenvalue weighted by Crippen LogP contribution is -2.25. The van der Waals surface area contributed by atoms with Gasteiger partial charge in [0.05, 0.1) is 10.3 Å². The molecule has 7 heteroatoms. The van der Waals surface area contributed by atoms with E-state index in [1.165, 1.54) is 24.3 Å². The Balaban J connectivity index is 2.51. The zero-order valence-corrected chi connectivity index (χ0v) is 10.7. The zero-order chi connectivity index (χ0) is 14.7. The smallest absolute Gasteiger partial charge is 0.344 e. The molecule has 1 N–H and O–H groups in total. The second-order valence-corrected chi connectivity index (χ2v) is 4.18. The van der Waals surface area contributed by atoms with Gasteiger partial charge in [-0.25, -0.2) is 4.79 Å². The molecule has 0 saturated carbocycles. The molecule has 0 aliphatic heterocycles. The number of carbonyl (C=O) groups excluding carboxylic acids is 1. The maximum Gasteiger partial charge on any atom is 0.344 e. The quantitative estimate of drug-likeness (QED) is 0.678. The van der Waals surface area contributed by atoms with Crippen molar-refractivity contribution in [2.24, 2.45) is 0 Å². The summed E-state index contributed by atoms with van der Waals surface area (Å²) in [6.07, 6.45) is 0.745. The van der Waals surface area contributed by atoms with Gasteiger partial charge >= 0.3 is 5.63 Å². The lowest BCUT2D eigenvalue weighted by Gasteiger charge is -2.03. The second kappa shape index (κ2) is 5.52. The van der Waals surface area contributed by atoms with Crippen molar-refractivity contribution in [2.75, 3.05) is 6.54 Å². The first-order valence-electron chi connectivity index (χ1n) is 6.03. The molecule has 2 aromatic rings. The molecule has 0 spiro atoms. The number of hydrogen-bond donors (Lipinski definition) is 1. The summed E-state index contributed by atoms with van der Waals surface area (Å²) < 4.78 is 4.91. The van der Waals surface area contributed by atoms with Gasteiger partial charge in [-0.15, -0.1) is 0 Å². The van der Waals surface area contributed by atoms with Crippen molar-refractivity contribution in [3.8, 4) is 0 Å². The Hall–Kier alpha value is -2.70. The summed E-state index contributed by atoms with van der Waals surface area (Å²) in [4.78, 5) is 33.6. The van der Waals surface area contributed by atoms with Crippen LogP contribution >= 0.6 is 0 Å². The highest BCUT2D eigenvalue weighted by Crippen LogP contribution is 2.19. The lowest BCUT2D eigenvalue weighted by atomic mass is 10.1. The average molecular weight is 276 g/mol. The predicted octanol–water partition coefficient (Wildman–Crippen LogP) is 1.84. The number of nitrogens with one attached hydrogen (secondary N) is 1. The highest BCUT2D eigenvalue weighted by molar-refractivity contribution is 5.95. The van der Waals surface area contributed by atoms with E-state index in [2.05, 4.69) is 5.32 Å². The number of carbonyl (C=O) groups is 1. The molecule has 1 aromatic carbocycles. The molecule has 1 heterocycles. The molecule has 1 aromatic heterocycles. The number of nitro groups is 1.